The average molecular weight is 140 g/mol. The van der Waals surface area contributed by atoms with E-state index in [2.05, 4.69) is 20.8 Å². The van der Waals surface area contributed by atoms with E-state index in [0.29, 0.717) is 17.2 Å². The van der Waals surface area contributed by atoms with Crippen LogP contribution in [0.2, 0.25) is 0 Å². The molecule has 2 unspecified atom stereocenters. The number of nitrogens with two attached hydrogens (primary N) is 1. The molecule has 0 heterocycles. The summed E-state index contributed by atoms with van der Waals surface area (Å²) in [6.07, 6.45) is 0.786. The fraction of sp³-hybridized carbons (Fsp3) is 0.875. The molecule has 0 aliphatic heterocycles. The Morgan fingerprint density at radius 2 is 2.00 bits per heavy atom. The summed E-state index contributed by atoms with van der Waals surface area (Å²) in [5.74, 6) is 1.74. The summed E-state index contributed by atoms with van der Waals surface area (Å²) in [6, 6.07) is 0. The van der Waals surface area contributed by atoms with Gasteiger partial charge in [0.05, 0.1) is 5.84 Å². The van der Waals surface area contributed by atoms with Crippen LogP contribution < -0.4 is 5.73 Å². The molecule has 3 N–H and O–H groups in total. The van der Waals surface area contributed by atoms with Crippen molar-refractivity contribution in [2.24, 2.45) is 23.0 Å². The van der Waals surface area contributed by atoms with Crippen LogP contribution in [0.25, 0.3) is 0 Å². The Labute approximate surface area is 62.3 Å². The van der Waals surface area contributed by atoms with Crippen molar-refractivity contribution in [1.82, 2.24) is 0 Å². The summed E-state index contributed by atoms with van der Waals surface area (Å²) in [6.45, 7) is 6.71. The highest BCUT2D eigenvalue weighted by atomic mass is 14.7. The summed E-state index contributed by atoms with van der Waals surface area (Å²) in [5, 5.41) is 7.11. The van der Waals surface area contributed by atoms with Gasteiger partial charge in [0.2, 0.25) is 0 Å². The van der Waals surface area contributed by atoms with Crippen molar-refractivity contribution in [1.29, 1.82) is 5.41 Å². The maximum absolute atomic E-state index is 7.11. The van der Waals surface area contributed by atoms with E-state index in [4.69, 9.17) is 11.1 Å². The van der Waals surface area contributed by atoms with Gasteiger partial charge in [-0.05, 0) is 17.3 Å². The van der Waals surface area contributed by atoms with Gasteiger partial charge in [-0.15, -0.1) is 0 Å². The maximum atomic E-state index is 7.11. The van der Waals surface area contributed by atoms with Crippen molar-refractivity contribution in [3.8, 4) is 0 Å². The van der Waals surface area contributed by atoms with Crippen LogP contribution >= 0.6 is 0 Å². The molecule has 0 radical (unpaired) electrons. The summed E-state index contributed by atoms with van der Waals surface area (Å²) >= 11 is 0. The molecule has 2 atom stereocenters. The highest BCUT2D eigenvalue weighted by Crippen LogP contribution is 2.59. The molecular formula is C8H16N2. The maximum Gasteiger partial charge on any atom is 0.0908 e. The van der Waals surface area contributed by atoms with Gasteiger partial charge < -0.3 is 5.73 Å². The van der Waals surface area contributed by atoms with Crippen molar-refractivity contribution in [2.75, 3.05) is 0 Å². The standard InChI is InChI=1S/C8H16N2/c1-5-6(4-7(9)10)8(5,2)3/h5-6H,4H2,1-3H3,(H3,9,10). The average Bonchev–Trinajstić information content (AvgIpc) is 2.17. The third kappa shape index (κ3) is 1.02. The first-order valence-corrected chi connectivity index (χ1v) is 3.79. The topological polar surface area (TPSA) is 49.9 Å². The van der Waals surface area contributed by atoms with Gasteiger partial charge in [-0.2, -0.15) is 0 Å². The third-order valence-electron chi connectivity index (χ3n) is 3.06. The fourth-order valence-corrected chi connectivity index (χ4v) is 1.69. The van der Waals surface area contributed by atoms with Crippen LogP contribution in [-0.2, 0) is 0 Å². The minimum absolute atomic E-state index is 0.336. The molecule has 2 heteroatoms. The first-order valence-electron chi connectivity index (χ1n) is 3.79. The van der Waals surface area contributed by atoms with E-state index < -0.39 is 0 Å². The van der Waals surface area contributed by atoms with Crippen LogP contribution in [0.3, 0.4) is 0 Å². The van der Waals surface area contributed by atoms with E-state index in [9.17, 15) is 0 Å². The van der Waals surface area contributed by atoms with Gasteiger partial charge in [0.15, 0.2) is 0 Å². The second-order valence-electron chi connectivity index (χ2n) is 3.95. The largest absolute Gasteiger partial charge is 0.388 e. The summed E-state index contributed by atoms with van der Waals surface area (Å²) in [7, 11) is 0. The zero-order chi connectivity index (χ0) is 7.94. The molecule has 2 nitrogen and oxygen atoms in total. The Hall–Kier alpha value is -0.530. The third-order valence-corrected chi connectivity index (χ3v) is 3.06. The van der Waals surface area contributed by atoms with E-state index in [1.54, 1.807) is 0 Å². The van der Waals surface area contributed by atoms with Crippen LogP contribution in [0.1, 0.15) is 27.2 Å². The molecule has 0 aromatic heterocycles. The minimum Gasteiger partial charge on any atom is -0.388 e. The van der Waals surface area contributed by atoms with Gasteiger partial charge in [-0.25, -0.2) is 0 Å². The SMILES string of the molecule is CC1C(CC(=N)N)C1(C)C. The molecular weight excluding hydrogens is 124 g/mol. The van der Waals surface area contributed by atoms with Crippen LogP contribution in [-0.4, -0.2) is 5.84 Å². The van der Waals surface area contributed by atoms with E-state index >= 15 is 0 Å². The molecule has 1 aliphatic rings. The lowest BCUT2D eigenvalue weighted by Crippen LogP contribution is -2.11. The lowest BCUT2D eigenvalue weighted by Gasteiger charge is -1.99. The molecule has 58 valence electrons. The highest BCUT2D eigenvalue weighted by molar-refractivity contribution is 5.77. The van der Waals surface area contributed by atoms with Gasteiger partial charge in [0.25, 0.3) is 0 Å². The van der Waals surface area contributed by atoms with Crippen molar-refractivity contribution in [2.45, 2.75) is 27.2 Å². The first kappa shape index (κ1) is 7.58. The van der Waals surface area contributed by atoms with Crippen molar-refractivity contribution in [3.05, 3.63) is 0 Å². The number of hydrogen-bond donors (Lipinski definition) is 2. The molecule has 1 aliphatic carbocycles. The van der Waals surface area contributed by atoms with Gasteiger partial charge >= 0.3 is 0 Å². The summed E-state index contributed by atoms with van der Waals surface area (Å²) in [5.41, 5.74) is 5.74. The number of hydrogen-bond acceptors (Lipinski definition) is 1. The second-order valence-corrected chi connectivity index (χ2v) is 3.95. The first-order chi connectivity index (χ1) is 4.46. The quantitative estimate of drug-likeness (QED) is 0.444. The van der Waals surface area contributed by atoms with Gasteiger partial charge in [0.1, 0.15) is 0 Å². The zero-order valence-corrected chi connectivity index (χ0v) is 6.94. The predicted molar refractivity (Wildman–Crippen MR) is 43.0 cm³/mol. The summed E-state index contributed by atoms with van der Waals surface area (Å²) in [4.78, 5) is 0. The lowest BCUT2D eigenvalue weighted by atomic mass is 10.1. The van der Waals surface area contributed by atoms with Gasteiger partial charge in [-0.1, -0.05) is 20.8 Å². The Balaban J connectivity index is 2.42. The Morgan fingerprint density at radius 3 is 2.10 bits per heavy atom. The van der Waals surface area contributed by atoms with Crippen LogP contribution in [0.5, 0.6) is 0 Å². The fourth-order valence-electron chi connectivity index (χ4n) is 1.69. The highest BCUT2D eigenvalue weighted by Gasteiger charge is 2.53. The van der Waals surface area contributed by atoms with Crippen LogP contribution in [0.15, 0.2) is 0 Å². The molecule has 1 fully saturated rings. The number of rotatable bonds is 2. The minimum atomic E-state index is 0.336. The molecule has 0 amide bonds. The van der Waals surface area contributed by atoms with Crippen molar-refractivity contribution in [3.63, 3.8) is 0 Å². The summed E-state index contributed by atoms with van der Waals surface area (Å²) < 4.78 is 0. The van der Waals surface area contributed by atoms with Crippen molar-refractivity contribution >= 4 is 5.84 Å². The van der Waals surface area contributed by atoms with Gasteiger partial charge in [0, 0.05) is 6.42 Å². The van der Waals surface area contributed by atoms with E-state index in [-0.39, 0.29) is 0 Å². The molecule has 0 bridgehead atoms. The Kier molecular flexibility index (Phi) is 1.50. The number of nitrogens with one attached hydrogen (secondary N) is 1. The lowest BCUT2D eigenvalue weighted by molar-refractivity contribution is 0.550. The van der Waals surface area contributed by atoms with E-state index in [1.165, 1.54) is 0 Å². The molecule has 1 rings (SSSR count). The van der Waals surface area contributed by atoms with Crippen molar-refractivity contribution < 1.29 is 0 Å². The van der Waals surface area contributed by atoms with Crippen LogP contribution in [0.4, 0.5) is 0 Å². The second kappa shape index (κ2) is 1.97. The molecule has 1 saturated carbocycles. The molecule has 0 aromatic rings. The van der Waals surface area contributed by atoms with E-state index in [0.717, 1.165) is 12.3 Å². The smallest absolute Gasteiger partial charge is 0.0908 e. The monoisotopic (exact) mass is 140 g/mol. The molecule has 0 saturated heterocycles. The normalized spacial score (nSPS) is 35.5. The van der Waals surface area contributed by atoms with Gasteiger partial charge in [-0.3, -0.25) is 5.41 Å². The number of amidine groups is 1. The van der Waals surface area contributed by atoms with E-state index in [1.807, 2.05) is 0 Å². The Bertz CT molecular complexity index is 161. The molecule has 10 heavy (non-hydrogen) atoms. The zero-order valence-electron chi connectivity index (χ0n) is 6.94. The molecule has 0 spiro atoms. The Morgan fingerprint density at radius 1 is 1.60 bits per heavy atom. The van der Waals surface area contributed by atoms with Crippen LogP contribution in [0, 0.1) is 22.7 Å². The predicted octanol–water partition coefficient (Wildman–Crippen LogP) is 1.60. The molecule has 0 aromatic carbocycles.